The highest BCUT2D eigenvalue weighted by Crippen LogP contribution is 2.17. The van der Waals surface area contributed by atoms with Crippen molar-refractivity contribution in [3.63, 3.8) is 0 Å². The maximum absolute atomic E-state index is 4.33. The van der Waals surface area contributed by atoms with Gasteiger partial charge in [-0.2, -0.15) is 0 Å². The summed E-state index contributed by atoms with van der Waals surface area (Å²) < 4.78 is 0. The van der Waals surface area contributed by atoms with Crippen molar-refractivity contribution < 1.29 is 0 Å². The summed E-state index contributed by atoms with van der Waals surface area (Å²) in [7, 11) is 1.79. The molecular formula is C20H25N5. The van der Waals surface area contributed by atoms with Crippen molar-refractivity contribution in [2.24, 2.45) is 4.99 Å². The van der Waals surface area contributed by atoms with Crippen LogP contribution >= 0.6 is 0 Å². The van der Waals surface area contributed by atoms with E-state index in [1.165, 1.54) is 11.3 Å². The van der Waals surface area contributed by atoms with E-state index in [0.717, 1.165) is 44.3 Å². The van der Waals surface area contributed by atoms with E-state index in [0.29, 0.717) is 0 Å². The molecule has 1 aromatic heterocycles. The molecule has 2 heterocycles. The first-order valence-corrected chi connectivity index (χ1v) is 8.68. The van der Waals surface area contributed by atoms with Gasteiger partial charge in [0.2, 0.25) is 0 Å². The minimum Gasteiger partial charge on any atom is -0.364 e. The van der Waals surface area contributed by atoms with Crippen molar-refractivity contribution in [3.8, 4) is 0 Å². The molecule has 0 fully saturated rings. The van der Waals surface area contributed by atoms with Crippen LogP contribution in [0.3, 0.4) is 0 Å². The number of guanidine groups is 1. The zero-order valence-corrected chi connectivity index (χ0v) is 14.7. The number of anilines is 1. The molecule has 2 aromatic rings. The number of hydrogen-bond donors (Lipinski definition) is 2. The van der Waals surface area contributed by atoms with Gasteiger partial charge in [-0.1, -0.05) is 30.4 Å². The molecule has 3 rings (SSSR count). The highest BCUT2D eigenvalue weighted by molar-refractivity contribution is 5.79. The highest BCUT2D eigenvalue weighted by atomic mass is 15.2. The number of nitrogens with one attached hydrogen (secondary N) is 2. The molecule has 0 spiro atoms. The van der Waals surface area contributed by atoms with Crippen LogP contribution in [0, 0.1) is 0 Å². The molecule has 2 N–H and O–H groups in total. The van der Waals surface area contributed by atoms with E-state index >= 15 is 0 Å². The van der Waals surface area contributed by atoms with E-state index in [9.17, 15) is 0 Å². The quantitative estimate of drug-likeness (QED) is 0.483. The topological polar surface area (TPSA) is 52.6 Å². The van der Waals surface area contributed by atoms with Crippen molar-refractivity contribution in [2.45, 2.75) is 13.0 Å². The third-order valence-electron chi connectivity index (χ3n) is 4.20. The Morgan fingerprint density at radius 3 is 2.56 bits per heavy atom. The Hall–Kier alpha value is -2.82. The first kappa shape index (κ1) is 17.0. The molecule has 0 radical (unpaired) electrons. The summed E-state index contributed by atoms with van der Waals surface area (Å²) in [6.07, 6.45) is 7.11. The van der Waals surface area contributed by atoms with Gasteiger partial charge in [-0.05, 0) is 29.8 Å². The second-order valence-corrected chi connectivity index (χ2v) is 5.97. The normalized spacial score (nSPS) is 14.0. The van der Waals surface area contributed by atoms with Gasteiger partial charge in [0, 0.05) is 57.2 Å². The molecule has 0 bridgehead atoms. The van der Waals surface area contributed by atoms with Crippen LogP contribution in [-0.2, 0) is 13.0 Å². The zero-order valence-electron chi connectivity index (χ0n) is 14.7. The van der Waals surface area contributed by atoms with Gasteiger partial charge in [-0.3, -0.25) is 9.98 Å². The van der Waals surface area contributed by atoms with Gasteiger partial charge in [-0.15, -0.1) is 0 Å². The van der Waals surface area contributed by atoms with Crippen molar-refractivity contribution in [1.82, 2.24) is 15.6 Å². The number of aromatic nitrogens is 1. The van der Waals surface area contributed by atoms with Gasteiger partial charge < -0.3 is 15.5 Å². The van der Waals surface area contributed by atoms with Crippen LogP contribution in [0.5, 0.6) is 0 Å². The van der Waals surface area contributed by atoms with Crippen molar-refractivity contribution in [3.05, 3.63) is 72.1 Å². The van der Waals surface area contributed by atoms with Gasteiger partial charge in [0.05, 0.1) is 0 Å². The van der Waals surface area contributed by atoms with Crippen LogP contribution < -0.4 is 15.5 Å². The van der Waals surface area contributed by atoms with Crippen molar-refractivity contribution in [2.75, 3.05) is 31.6 Å². The maximum atomic E-state index is 4.33. The highest BCUT2D eigenvalue weighted by Gasteiger charge is 2.07. The Labute approximate surface area is 149 Å². The number of rotatable bonds is 6. The lowest BCUT2D eigenvalue weighted by Gasteiger charge is -2.18. The molecule has 1 aliphatic rings. The third kappa shape index (κ3) is 5.08. The lowest BCUT2D eigenvalue weighted by atomic mass is 10.2. The molecule has 0 unspecified atom stereocenters. The van der Waals surface area contributed by atoms with Gasteiger partial charge in [-0.25, -0.2) is 0 Å². The third-order valence-corrected chi connectivity index (χ3v) is 4.20. The number of nitrogens with zero attached hydrogens (tertiary/aromatic N) is 3. The number of benzene rings is 1. The second kappa shape index (κ2) is 8.87. The van der Waals surface area contributed by atoms with E-state index in [1.54, 1.807) is 7.05 Å². The molecule has 25 heavy (non-hydrogen) atoms. The van der Waals surface area contributed by atoms with Gasteiger partial charge in [0.1, 0.15) is 0 Å². The van der Waals surface area contributed by atoms with Gasteiger partial charge in [0.15, 0.2) is 5.96 Å². The molecule has 0 amide bonds. The SMILES string of the molecule is CN=C(NCCc1ccccn1)NCc1ccc(N2CC=CC2)cc1. The fourth-order valence-corrected chi connectivity index (χ4v) is 2.77. The van der Waals surface area contributed by atoms with Crippen molar-refractivity contribution >= 4 is 11.6 Å². The lowest BCUT2D eigenvalue weighted by molar-refractivity contribution is 0.784. The zero-order chi connectivity index (χ0) is 17.3. The van der Waals surface area contributed by atoms with E-state index in [-0.39, 0.29) is 0 Å². The van der Waals surface area contributed by atoms with E-state index in [2.05, 4.69) is 61.9 Å². The summed E-state index contributed by atoms with van der Waals surface area (Å²) in [4.78, 5) is 10.9. The van der Waals surface area contributed by atoms with Gasteiger partial charge >= 0.3 is 0 Å². The Bertz CT molecular complexity index is 699. The minimum absolute atomic E-state index is 0.752. The molecule has 0 aliphatic carbocycles. The first-order valence-electron chi connectivity index (χ1n) is 8.68. The molecule has 0 atom stereocenters. The molecule has 0 saturated heterocycles. The molecule has 1 aliphatic heterocycles. The van der Waals surface area contributed by atoms with Crippen LogP contribution in [0.1, 0.15) is 11.3 Å². The summed E-state index contributed by atoms with van der Waals surface area (Å²) in [5.74, 6) is 0.809. The predicted octanol–water partition coefficient (Wildman–Crippen LogP) is 2.37. The molecule has 130 valence electrons. The van der Waals surface area contributed by atoms with Gasteiger partial charge in [0.25, 0.3) is 0 Å². The van der Waals surface area contributed by atoms with E-state index in [4.69, 9.17) is 0 Å². The van der Waals surface area contributed by atoms with Crippen LogP contribution in [0.25, 0.3) is 0 Å². The fraction of sp³-hybridized carbons (Fsp3) is 0.300. The lowest BCUT2D eigenvalue weighted by Crippen LogP contribution is -2.37. The monoisotopic (exact) mass is 335 g/mol. The molecule has 1 aromatic carbocycles. The predicted molar refractivity (Wildman–Crippen MR) is 104 cm³/mol. The minimum atomic E-state index is 0.752. The fourth-order valence-electron chi connectivity index (χ4n) is 2.77. The summed E-state index contributed by atoms with van der Waals surface area (Å²) in [5.41, 5.74) is 3.59. The molecule has 5 nitrogen and oxygen atoms in total. The van der Waals surface area contributed by atoms with Crippen LogP contribution in [0.4, 0.5) is 5.69 Å². The Balaban J connectivity index is 1.43. The summed E-state index contributed by atoms with van der Waals surface area (Å²) in [5, 5.41) is 6.68. The molecular weight excluding hydrogens is 310 g/mol. The number of hydrogen-bond acceptors (Lipinski definition) is 3. The Kier molecular flexibility index (Phi) is 6.04. The molecule has 0 saturated carbocycles. The maximum Gasteiger partial charge on any atom is 0.191 e. The van der Waals surface area contributed by atoms with Crippen molar-refractivity contribution in [1.29, 1.82) is 0 Å². The van der Waals surface area contributed by atoms with Crippen LogP contribution in [0.2, 0.25) is 0 Å². The summed E-state index contributed by atoms with van der Waals surface area (Å²) in [6.45, 7) is 3.56. The average Bonchev–Trinajstić information content (AvgIpc) is 3.20. The standard InChI is InChI=1S/C20H25N5/c1-21-20(23-13-11-18-6-2-3-12-22-18)24-16-17-7-9-19(10-8-17)25-14-4-5-15-25/h2-10,12H,11,13-16H2,1H3,(H2,21,23,24). The van der Waals surface area contributed by atoms with Crippen LogP contribution in [0.15, 0.2) is 65.8 Å². The Morgan fingerprint density at radius 2 is 1.88 bits per heavy atom. The molecule has 5 heteroatoms. The van der Waals surface area contributed by atoms with Crippen LogP contribution in [-0.4, -0.2) is 37.6 Å². The number of pyridine rings is 1. The second-order valence-electron chi connectivity index (χ2n) is 5.97. The van der Waals surface area contributed by atoms with E-state index < -0.39 is 0 Å². The number of aliphatic imine (C=N–C) groups is 1. The summed E-state index contributed by atoms with van der Waals surface area (Å²) in [6, 6.07) is 14.7. The smallest absolute Gasteiger partial charge is 0.191 e. The first-order chi connectivity index (χ1) is 12.3. The summed E-state index contributed by atoms with van der Waals surface area (Å²) >= 11 is 0. The largest absolute Gasteiger partial charge is 0.364 e. The average molecular weight is 335 g/mol. The van der Waals surface area contributed by atoms with E-state index in [1.807, 2.05) is 24.4 Å². The Morgan fingerprint density at radius 1 is 1.08 bits per heavy atom.